The molecule has 2 aliphatic rings. The number of fused-ring (bicyclic) bond motifs is 1. The van der Waals surface area contributed by atoms with Crippen molar-refractivity contribution in [1.82, 2.24) is 25.6 Å². The number of aliphatic hydroxyl groups is 1. The highest BCUT2D eigenvalue weighted by molar-refractivity contribution is 6.09. The van der Waals surface area contributed by atoms with Crippen molar-refractivity contribution in [2.75, 3.05) is 6.61 Å². The fraction of sp³-hybridized carbons (Fsp3) is 0.500. The number of halogens is 2. The van der Waals surface area contributed by atoms with Gasteiger partial charge in [-0.05, 0) is 76.5 Å². The lowest BCUT2D eigenvalue weighted by Gasteiger charge is -2.30. The largest absolute Gasteiger partial charge is 0.493 e. The zero-order chi connectivity index (χ0) is 27.7. The molecule has 2 heterocycles. The molecule has 0 unspecified atom stereocenters. The van der Waals surface area contributed by atoms with Crippen LogP contribution in [0.4, 0.5) is 8.78 Å². The summed E-state index contributed by atoms with van der Waals surface area (Å²) in [7, 11) is 0. The number of carbonyl (C=O) groups excluding carboxylic acids is 2. The van der Waals surface area contributed by atoms with Crippen LogP contribution in [-0.2, 0) is 4.79 Å². The summed E-state index contributed by atoms with van der Waals surface area (Å²) in [6.07, 6.45) is 2.54. The quantitative estimate of drug-likeness (QED) is 0.321. The molecule has 11 heteroatoms. The van der Waals surface area contributed by atoms with Crippen LogP contribution in [0.5, 0.6) is 5.75 Å². The van der Waals surface area contributed by atoms with Crippen LogP contribution in [0.1, 0.15) is 73.5 Å². The van der Waals surface area contributed by atoms with Crippen LogP contribution in [0.25, 0.3) is 22.3 Å². The molecule has 2 aliphatic carbocycles. The normalized spacial score (nSPS) is 20.2. The first-order valence-corrected chi connectivity index (χ1v) is 13.4. The molecule has 208 valence electrons. The first-order valence-electron chi connectivity index (χ1n) is 13.4. The summed E-state index contributed by atoms with van der Waals surface area (Å²) in [5, 5.41) is 15.3. The Balaban J connectivity index is 1.38. The second kappa shape index (κ2) is 11.3. The molecule has 0 aliphatic heterocycles. The predicted molar refractivity (Wildman–Crippen MR) is 141 cm³/mol. The number of aliphatic hydroxyl groups excluding tert-OH is 1. The van der Waals surface area contributed by atoms with E-state index in [9.17, 15) is 23.5 Å². The molecule has 1 aromatic carbocycles. The van der Waals surface area contributed by atoms with Gasteiger partial charge in [0.25, 0.3) is 12.3 Å². The van der Waals surface area contributed by atoms with Crippen molar-refractivity contribution in [3.63, 3.8) is 0 Å². The Bertz CT molecular complexity index is 1360. The summed E-state index contributed by atoms with van der Waals surface area (Å²) in [5.41, 5.74) is 2.53. The summed E-state index contributed by atoms with van der Waals surface area (Å²) in [6.45, 7) is 3.71. The van der Waals surface area contributed by atoms with Crippen molar-refractivity contribution < 1.29 is 28.2 Å². The van der Waals surface area contributed by atoms with E-state index >= 15 is 0 Å². The molecule has 2 saturated carbocycles. The number of hydrogen-bond donors (Lipinski definition) is 4. The topological polar surface area (TPSA) is 129 Å². The smallest absolute Gasteiger partial charge is 0.263 e. The molecular formula is C28H33F2N5O4. The van der Waals surface area contributed by atoms with Gasteiger partial charge in [0.2, 0.25) is 5.91 Å². The third kappa shape index (κ3) is 6.03. The molecule has 0 saturated heterocycles. The van der Waals surface area contributed by atoms with Crippen molar-refractivity contribution in [3.05, 3.63) is 41.3 Å². The number of nitrogens with one attached hydrogen (secondary N) is 3. The molecule has 1 atom stereocenters. The SMILES string of the molecule is Cc1[nH]c2c(-c3cc(C(F)F)ccc3OCC3CC3)ncnc2c1C(=O)N[C@H]1CC[C@@H](NC(=O)[C@H](C)O)CC1. The number of aryl methyl sites for hydroxylation is 1. The van der Waals surface area contributed by atoms with Gasteiger partial charge in [0.15, 0.2) is 0 Å². The highest BCUT2D eigenvalue weighted by Gasteiger charge is 2.28. The fourth-order valence-corrected chi connectivity index (χ4v) is 5.05. The number of aromatic amines is 1. The van der Waals surface area contributed by atoms with Gasteiger partial charge in [0.1, 0.15) is 29.4 Å². The number of H-pyrrole nitrogens is 1. The molecule has 2 fully saturated rings. The Hall–Kier alpha value is -3.60. The molecule has 9 nitrogen and oxygen atoms in total. The molecule has 39 heavy (non-hydrogen) atoms. The fourth-order valence-electron chi connectivity index (χ4n) is 5.05. The van der Waals surface area contributed by atoms with Crippen molar-refractivity contribution in [1.29, 1.82) is 0 Å². The lowest BCUT2D eigenvalue weighted by atomic mass is 9.90. The average molecular weight is 542 g/mol. The Morgan fingerprint density at radius 1 is 1.10 bits per heavy atom. The van der Waals surface area contributed by atoms with E-state index in [1.54, 1.807) is 13.0 Å². The maximum absolute atomic E-state index is 13.6. The van der Waals surface area contributed by atoms with Gasteiger partial charge in [-0.25, -0.2) is 18.7 Å². The summed E-state index contributed by atoms with van der Waals surface area (Å²) in [6, 6.07) is 4.19. The first kappa shape index (κ1) is 27.0. The van der Waals surface area contributed by atoms with Crippen molar-refractivity contribution in [2.45, 2.75) is 77.0 Å². The molecule has 5 rings (SSSR count). The van der Waals surface area contributed by atoms with E-state index in [4.69, 9.17) is 4.74 Å². The van der Waals surface area contributed by atoms with E-state index in [2.05, 4.69) is 25.6 Å². The molecule has 2 aromatic heterocycles. The maximum Gasteiger partial charge on any atom is 0.263 e. The number of nitrogens with zero attached hydrogens (tertiary/aromatic N) is 2. The summed E-state index contributed by atoms with van der Waals surface area (Å²) < 4.78 is 33.2. The average Bonchev–Trinajstić information content (AvgIpc) is 3.67. The number of rotatable bonds is 9. The van der Waals surface area contributed by atoms with Gasteiger partial charge in [-0.15, -0.1) is 0 Å². The van der Waals surface area contributed by atoms with Crippen molar-refractivity contribution in [3.8, 4) is 17.0 Å². The number of hydrogen-bond acceptors (Lipinski definition) is 6. The highest BCUT2D eigenvalue weighted by Crippen LogP contribution is 2.38. The maximum atomic E-state index is 13.6. The molecule has 3 aromatic rings. The van der Waals surface area contributed by atoms with Gasteiger partial charge < -0.3 is 25.5 Å². The Kier molecular flexibility index (Phi) is 7.79. The zero-order valence-corrected chi connectivity index (χ0v) is 22.0. The molecule has 0 bridgehead atoms. The highest BCUT2D eigenvalue weighted by atomic mass is 19.3. The minimum atomic E-state index is -2.65. The van der Waals surface area contributed by atoms with Crippen LogP contribution in [0.2, 0.25) is 0 Å². The van der Waals surface area contributed by atoms with E-state index < -0.39 is 18.4 Å². The first-order chi connectivity index (χ1) is 18.7. The number of carbonyl (C=O) groups is 2. The number of aromatic nitrogens is 3. The number of benzene rings is 1. The molecular weight excluding hydrogens is 508 g/mol. The Labute approximate surface area is 224 Å². The van der Waals surface area contributed by atoms with Crippen molar-refractivity contribution in [2.24, 2.45) is 5.92 Å². The van der Waals surface area contributed by atoms with Crippen molar-refractivity contribution >= 4 is 22.8 Å². The number of alkyl halides is 2. The minimum Gasteiger partial charge on any atom is -0.493 e. The van der Waals surface area contributed by atoms with Gasteiger partial charge in [0.05, 0.1) is 17.7 Å². The third-order valence-electron chi connectivity index (χ3n) is 7.47. The van der Waals surface area contributed by atoms with E-state index in [1.807, 2.05) is 0 Å². The Morgan fingerprint density at radius 3 is 2.44 bits per heavy atom. The molecule has 2 amide bonds. The van der Waals surface area contributed by atoms with E-state index in [0.717, 1.165) is 12.8 Å². The second-order valence-corrected chi connectivity index (χ2v) is 10.6. The van der Waals surface area contributed by atoms with Gasteiger partial charge in [-0.2, -0.15) is 0 Å². The van der Waals surface area contributed by atoms with Crippen LogP contribution in [0.3, 0.4) is 0 Å². The van der Waals surface area contributed by atoms with Crippen LogP contribution in [-0.4, -0.2) is 56.7 Å². The Morgan fingerprint density at radius 2 is 1.79 bits per heavy atom. The number of amides is 2. The number of ether oxygens (including phenoxy) is 1. The second-order valence-electron chi connectivity index (χ2n) is 10.6. The van der Waals surface area contributed by atoms with Crippen LogP contribution in [0.15, 0.2) is 24.5 Å². The summed E-state index contributed by atoms with van der Waals surface area (Å²) in [4.78, 5) is 37.1. The van der Waals surface area contributed by atoms with Gasteiger partial charge >= 0.3 is 0 Å². The van der Waals surface area contributed by atoms with Crippen LogP contribution in [0, 0.1) is 12.8 Å². The van der Waals surface area contributed by atoms with Gasteiger partial charge in [-0.3, -0.25) is 9.59 Å². The minimum absolute atomic E-state index is 0.0364. The molecule has 4 N–H and O–H groups in total. The van der Waals surface area contributed by atoms with Gasteiger partial charge in [0, 0.05) is 28.9 Å². The van der Waals surface area contributed by atoms with Crippen LogP contribution < -0.4 is 15.4 Å². The zero-order valence-electron chi connectivity index (χ0n) is 22.0. The van der Waals surface area contributed by atoms with E-state index in [0.29, 0.717) is 77.5 Å². The third-order valence-corrected chi connectivity index (χ3v) is 7.47. The van der Waals surface area contributed by atoms with E-state index in [-0.39, 0.29) is 23.6 Å². The lowest BCUT2D eigenvalue weighted by Crippen LogP contribution is -2.46. The van der Waals surface area contributed by atoms with Gasteiger partial charge in [-0.1, -0.05) is 0 Å². The molecule has 0 spiro atoms. The monoisotopic (exact) mass is 541 g/mol. The molecule has 0 radical (unpaired) electrons. The van der Waals surface area contributed by atoms with Crippen LogP contribution >= 0.6 is 0 Å². The summed E-state index contributed by atoms with van der Waals surface area (Å²) in [5.74, 6) is 0.258. The lowest BCUT2D eigenvalue weighted by molar-refractivity contribution is -0.129. The standard InChI is InChI=1S/C28H33F2N5O4/c1-14-22(28(38)35-19-8-6-18(7-9-19)34-27(37)15(2)36)24-25(33-14)23(31-13-32-24)20-11-17(26(29)30)5-10-21(20)39-12-16-3-4-16/h5,10-11,13,15-16,18-19,26,33,36H,3-4,6-9,12H2,1-2H3,(H,34,37)(H,35,38)/t15-,18-,19+/m0/s1. The summed E-state index contributed by atoms with van der Waals surface area (Å²) >= 11 is 0. The predicted octanol–water partition coefficient (Wildman–Crippen LogP) is 4.20. The van der Waals surface area contributed by atoms with E-state index in [1.165, 1.54) is 25.4 Å².